The summed E-state index contributed by atoms with van der Waals surface area (Å²) in [5.74, 6) is 5.84. The van der Waals surface area contributed by atoms with Crippen molar-refractivity contribution in [2.45, 2.75) is 31.7 Å². The van der Waals surface area contributed by atoms with Crippen LogP contribution in [0.3, 0.4) is 0 Å². The van der Waals surface area contributed by atoms with Crippen LogP contribution in [0, 0.1) is 0 Å². The highest BCUT2D eigenvalue weighted by molar-refractivity contribution is 5.86. The smallest absolute Gasteiger partial charge is 0.0676 e. The van der Waals surface area contributed by atoms with E-state index in [0.29, 0.717) is 0 Å². The van der Waals surface area contributed by atoms with E-state index in [9.17, 15) is 0 Å². The van der Waals surface area contributed by atoms with E-state index in [-0.39, 0.29) is 6.04 Å². The topological polar surface area (TPSA) is 38.0 Å². The van der Waals surface area contributed by atoms with Gasteiger partial charge in [-0.05, 0) is 42.0 Å². The molecule has 0 saturated carbocycles. The third kappa shape index (κ3) is 2.42. The third-order valence-electron chi connectivity index (χ3n) is 4.00. The first kappa shape index (κ1) is 12.4. The molecule has 3 rings (SSSR count). The Morgan fingerprint density at radius 2 is 1.84 bits per heavy atom. The van der Waals surface area contributed by atoms with Crippen LogP contribution in [0.1, 0.15) is 37.3 Å². The summed E-state index contributed by atoms with van der Waals surface area (Å²) in [6.45, 7) is 0. The van der Waals surface area contributed by atoms with Crippen molar-refractivity contribution in [1.82, 2.24) is 5.43 Å². The van der Waals surface area contributed by atoms with Gasteiger partial charge < -0.3 is 0 Å². The van der Waals surface area contributed by atoms with Crippen molar-refractivity contribution in [2.75, 3.05) is 0 Å². The molecule has 2 nitrogen and oxygen atoms in total. The quantitative estimate of drug-likeness (QED) is 0.495. The molecular weight excluding hydrogens is 232 g/mol. The maximum absolute atomic E-state index is 5.84. The number of nitrogens with one attached hydrogen (secondary N) is 1. The largest absolute Gasteiger partial charge is 0.271 e. The summed E-state index contributed by atoms with van der Waals surface area (Å²) in [6, 6.07) is 15.1. The molecule has 0 saturated heterocycles. The number of nitrogens with two attached hydrogens (primary N) is 1. The Bertz CT molecular complexity index is 596. The van der Waals surface area contributed by atoms with Crippen molar-refractivity contribution in [3.05, 3.63) is 59.7 Å². The summed E-state index contributed by atoms with van der Waals surface area (Å²) in [7, 11) is 0. The van der Waals surface area contributed by atoms with E-state index >= 15 is 0 Å². The standard InChI is InChI=1S/C17H20N2/c18-19-17(14-8-2-1-3-9-14)16-12-6-10-13-7-4-5-11-15(13)16/h4-8,10-12,17,19H,1-3,9,18H2. The van der Waals surface area contributed by atoms with E-state index in [0.717, 1.165) is 6.42 Å². The van der Waals surface area contributed by atoms with Crippen LogP contribution in [-0.4, -0.2) is 0 Å². The molecule has 98 valence electrons. The third-order valence-corrected chi connectivity index (χ3v) is 4.00. The van der Waals surface area contributed by atoms with Crippen molar-refractivity contribution in [3.8, 4) is 0 Å². The van der Waals surface area contributed by atoms with Gasteiger partial charge in [-0.15, -0.1) is 0 Å². The highest BCUT2D eigenvalue weighted by Crippen LogP contribution is 2.33. The minimum Gasteiger partial charge on any atom is -0.271 e. The number of hydrazine groups is 1. The van der Waals surface area contributed by atoms with E-state index in [4.69, 9.17) is 5.84 Å². The summed E-state index contributed by atoms with van der Waals surface area (Å²) in [4.78, 5) is 0. The molecule has 0 heterocycles. The minimum absolute atomic E-state index is 0.145. The molecule has 0 spiro atoms. The summed E-state index contributed by atoms with van der Waals surface area (Å²) in [5.41, 5.74) is 5.73. The summed E-state index contributed by atoms with van der Waals surface area (Å²) in [5, 5.41) is 2.57. The molecule has 0 bridgehead atoms. The molecule has 0 fully saturated rings. The van der Waals surface area contributed by atoms with Gasteiger partial charge in [-0.1, -0.05) is 54.1 Å². The minimum atomic E-state index is 0.145. The maximum Gasteiger partial charge on any atom is 0.0676 e. The molecule has 0 amide bonds. The van der Waals surface area contributed by atoms with E-state index in [1.54, 1.807) is 0 Å². The number of rotatable bonds is 3. The molecule has 0 radical (unpaired) electrons. The molecule has 0 aromatic heterocycles. The molecule has 1 aliphatic rings. The molecular formula is C17H20N2. The van der Waals surface area contributed by atoms with Gasteiger partial charge in [0.2, 0.25) is 0 Å². The Balaban J connectivity index is 2.08. The Morgan fingerprint density at radius 1 is 1.00 bits per heavy atom. The Hall–Kier alpha value is -1.64. The fourth-order valence-electron chi connectivity index (χ4n) is 3.02. The number of hydrogen-bond donors (Lipinski definition) is 2. The van der Waals surface area contributed by atoms with Gasteiger partial charge in [0, 0.05) is 0 Å². The first-order valence-electron chi connectivity index (χ1n) is 7.03. The molecule has 1 aliphatic carbocycles. The fourth-order valence-corrected chi connectivity index (χ4v) is 3.02. The molecule has 3 N–H and O–H groups in total. The maximum atomic E-state index is 5.84. The van der Waals surface area contributed by atoms with Crippen molar-refractivity contribution in [2.24, 2.45) is 5.84 Å². The Kier molecular flexibility index (Phi) is 3.62. The molecule has 1 unspecified atom stereocenters. The zero-order valence-corrected chi connectivity index (χ0v) is 11.1. The normalized spacial score (nSPS) is 17.2. The van der Waals surface area contributed by atoms with E-state index in [2.05, 4.69) is 54.0 Å². The summed E-state index contributed by atoms with van der Waals surface area (Å²) < 4.78 is 0. The van der Waals surface area contributed by atoms with E-state index in [1.165, 1.54) is 41.2 Å². The zero-order valence-electron chi connectivity index (χ0n) is 11.1. The van der Waals surface area contributed by atoms with E-state index < -0.39 is 0 Å². The zero-order chi connectivity index (χ0) is 13.1. The van der Waals surface area contributed by atoms with Crippen molar-refractivity contribution < 1.29 is 0 Å². The number of fused-ring (bicyclic) bond motifs is 1. The SMILES string of the molecule is NNC(C1=CCCCC1)c1cccc2ccccc12. The first-order valence-corrected chi connectivity index (χ1v) is 7.03. The second-order valence-corrected chi connectivity index (χ2v) is 5.19. The molecule has 19 heavy (non-hydrogen) atoms. The van der Waals surface area contributed by atoms with Gasteiger partial charge in [0.05, 0.1) is 6.04 Å². The lowest BCUT2D eigenvalue weighted by Crippen LogP contribution is -2.30. The van der Waals surface area contributed by atoms with Crippen LogP contribution >= 0.6 is 0 Å². The average Bonchev–Trinajstić information content (AvgIpc) is 2.49. The van der Waals surface area contributed by atoms with Crippen LogP contribution in [0.15, 0.2) is 54.1 Å². The lowest BCUT2D eigenvalue weighted by atomic mass is 9.88. The van der Waals surface area contributed by atoms with Crippen LogP contribution in [0.2, 0.25) is 0 Å². The second kappa shape index (κ2) is 5.55. The number of benzene rings is 2. The molecule has 2 heteroatoms. The Labute approximate surface area is 114 Å². The van der Waals surface area contributed by atoms with Gasteiger partial charge in [0.1, 0.15) is 0 Å². The van der Waals surface area contributed by atoms with Crippen LogP contribution < -0.4 is 11.3 Å². The van der Waals surface area contributed by atoms with Gasteiger partial charge in [0.25, 0.3) is 0 Å². The average molecular weight is 252 g/mol. The van der Waals surface area contributed by atoms with Crippen molar-refractivity contribution in [3.63, 3.8) is 0 Å². The molecule has 2 aromatic carbocycles. The highest BCUT2D eigenvalue weighted by atomic mass is 15.2. The molecule has 1 atom stereocenters. The van der Waals surface area contributed by atoms with Crippen LogP contribution in [0.5, 0.6) is 0 Å². The Morgan fingerprint density at radius 3 is 2.63 bits per heavy atom. The predicted octanol–water partition coefficient (Wildman–Crippen LogP) is 3.84. The lowest BCUT2D eigenvalue weighted by molar-refractivity contribution is 0.568. The monoisotopic (exact) mass is 252 g/mol. The molecule has 2 aromatic rings. The second-order valence-electron chi connectivity index (χ2n) is 5.19. The summed E-state index contributed by atoms with van der Waals surface area (Å²) >= 11 is 0. The van der Waals surface area contributed by atoms with Gasteiger partial charge in [-0.3, -0.25) is 5.84 Å². The van der Waals surface area contributed by atoms with Gasteiger partial charge in [-0.2, -0.15) is 0 Å². The van der Waals surface area contributed by atoms with Gasteiger partial charge in [-0.25, -0.2) is 5.43 Å². The highest BCUT2D eigenvalue weighted by Gasteiger charge is 2.18. The van der Waals surface area contributed by atoms with Crippen molar-refractivity contribution in [1.29, 1.82) is 0 Å². The lowest BCUT2D eigenvalue weighted by Gasteiger charge is -2.24. The number of allylic oxidation sites excluding steroid dienone is 1. The summed E-state index contributed by atoms with van der Waals surface area (Å²) in [6.07, 6.45) is 7.26. The fraction of sp³-hybridized carbons (Fsp3) is 0.294. The number of hydrogen-bond acceptors (Lipinski definition) is 2. The predicted molar refractivity (Wildman–Crippen MR) is 80.6 cm³/mol. The van der Waals surface area contributed by atoms with Gasteiger partial charge in [0.15, 0.2) is 0 Å². The van der Waals surface area contributed by atoms with Gasteiger partial charge >= 0.3 is 0 Å². The first-order chi connectivity index (χ1) is 9.40. The van der Waals surface area contributed by atoms with Crippen LogP contribution in [-0.2, 0) is 0 Å². The van der Waals surface area contributed by atoms with Crippen LogP contribution in [0.25, 0.3) is 10.8 Å². The van der Waals surface area contributed by atoms with Crippen molar-refractivity contribution >= 4 is 10.8 Å². The van der Waals surface area contributed by atoms with Crippen LogP contribution in [0.4, 0.5) is 0 Å². The molecule has 0 aliphatic heterocycles. The van der Waals surface area contributed by atoms with E-state index in [1.807, 2.05) is 0 Å².